The first-order valence-corrected chi connectivity index (χ1v) is 11.3. The first-order valence-electron chi connectivity index (χ1n) is 11.3. The molecular formula is C27H27FN2O5. The molecule has 7 nitrogen and oxygen atoms in total. The van der Waals surface area contributed by atoms with Crippen LogP contribution in [0.5, 0.6) is 11.5 Å². The predicted molar refractivity (Wildman–Crippen MR) is 130 cm³/mol. The molecule has 2 aromatic heterocycles. The van der Waals surface area contributed by atoms with Crippen LogP contribution in [0.1, 0.15) is 23.7 Å². The number of nitrogens with zero attached hydrogens (tertiary/aromatic N) is 1. The normalized spacial score (nSPS) is 11.0. The zero-order valence-electron chi connectivity index (χ0n) is 19.9. The van der Waals surface area contributed by atoms with Gasteiger partial charge >= 0.3 is 5.97 Å². The Balaban J connectivity index is 1.67. The van der Waals surface area contributed by atoms with Crippen molar-refractivity contribution in [2.75, 3.05) is 20.8 Å². The molecule has 0 bridgehead atoms. The van der Waals surface area contributed by atoms with Crippen molar-refractivity contribution in [1.82, 2.24) is 10.3 Å². The molecule has 0 aliphatic heterocycles. The van der Waals surface area contributed by atoms with Crippen molar-refractivity contribution >= 4 is 16.9 Å². The Bertz CT molecular complexity index is 1330. The number of pyridine rings is 1. The Kier molecular flexibility index (Phi) is 7.62. The van der Waals surface area contributed by atoms with E-state index in [0.29, 0.717) is 41.2 Å². The molecule has 2 heterocycles. The van der Waals surface area contributed by atoms with Crippen LogP contribution >= 0.6 is 0 Å². The monoisotopic (exact) mass is 478 g/mol. The highest BCUT2D eigenvalue weighted by molar-refractivity contribution is 5.93. The van der Waals surface area contributed by atoms with E-state index in [1.54, 1.807) is 38.4 Å². The third-order valence-corrected chi connectivity index (χ3v) is 5.44. The molecule has 0 amide bonds. The minimum Gasteiger partial charge on any atom is -0.497 e. The fourth-order valence-corrected chi connectivity index (χ4v) is 3.88. The lowest BCUT2D eigenvalue weighted by Gasteiger charge is -2.14. The van der Waals surface area contributed by atoms with Crippen LogP contribution in [0, 0.1) is 6.01 Å². The number of furan rings is 1. The smallest absolute Gasteiger partial charge is 0.310 e. The molecule has 0 unspecified atom stereocenters. The van der Waals surface area contributed by atoms with Gasteiger partial charge in [-0.15, -0.1) is 0 Å². The number of halogens is 1. The second kappa shape index (κ2) is 11.0. The summed E-state index contributed by atoms with van der Waals surface area (Å²) in [7, 11) is 3.41. The molecule has 35 heavy (non-hydrogen) atoms. The van der Waals surface area contributed by atoms with Gasteiger partial charge in [0.25, 0.3) is 6.01 Å². The van der Waals surface area contributed by atoms with Crippen molar-refractivity contribution in [2.45, 2.75) is 26.5 Å². The van der Waals surface area contributed by atoms with Gasteiger partial charge in [-0.3, -0.25) is 9.78 Å². The van der Waals surface area contributed by atoms with Crippen molar-refractivity contribution < 1.29 is 27.8 Å². The summed E-state index contributed by atoms with van der Waals surface area (Å²) in [5.41, 5.74) is 4.40. The molecule has 4 rings (SSSR count). The average Bonchev–Trinajstić information content (AvgIpc) is 3.23. The van der Waals surface area contributed by atoms with Crippen molar-refractivity contribution in [3.05, 3.63) is 77.6 Å². The Morgan fingerprint density at radius 3 is 2.77 bits per heavy atom. The molecule has 182 valence electrons. The van der Waals surface area contributed by atoms with Crippen LogP contribution in [0.15, 0.2) is 59.1 Å². The van der Waals surface area contributed by atoms with E-state index < -0.39 is 6.01 Å². The van der Waals surface area contributed by atoms with Crippen LogP contribution in [-0.4, -0.2) is 31.7 Å². The third-order valence-electron chi connectivity index (χ3n) is 5.44. The fraction of sp³-hybridized carbons (Fsp3) is 0.259. The molecule has 0 aliphatic rings. The third kappa shape index (κ3) is 5.78. The zero-order chi connectivity index (χ0) is 24.8. The minimum absolute atomic E-state index is 0.0790. The largest absolute Gasteiger partial charge is 0.497 e. The number of nitrogens with one attached hydrogen (secondary N) is 1. The summed E-state index contributed by atoms with van der Waals surface area (Å²) in [6, 6.07) is 13.5. The van der Waals surface area contributed by atoms with Gasteiger partial charge in [-0.25, -0.2) is 0 Å². The number of esters is 1. The molecule has 2 aromatic carbocycles. The van der Waals surface area contributed by atoms with E-state index >= 15 is 0 Å². The second-order valence-corrected chi connectivity index (χ2v) is 7.92. The molecular weight excluding hydrogens is 451 g/mol. The quantitative estimate of drug-likeness (QED) is 0.320. The highest BCUT2D eigenvalue weighted by atomic mass is 19.1. The van der Waals surface area contributed by atoms with Crippen LogP contribution in [0.3, 0.4) is 0 Å². The van der Waals surface area contributed by atoms with E-state index in [9.17, 15) is 9.18 Å². The van der Waals surface area contributed by atoms with Crippen LogP contribution in [0.25, 0.3) is 22.1 Å². The van der Waals surface area contributed by atoms with Gasteiger partial charge in [0.15, 0.2) is 0 Å². The van der Waals surface area contributed by atoms with Crippen molar-refractivity contribution in [2.24, 2.45) is 0 Å². The lowest BCUT2D eigenvalue weighted by molar-refractivity contribution is -0.142. The molecule has 0 saturated heterocycles. The highest BCUT2D eigenvalue weighted by Gasteiger charge is 2.15. The minimum atomic E-state index is -0.659. The Hall–Kier alpha value is -3.91. The summed E-state index contributed by atoms with van der Waals surface area (Å²) in [6.45, 7) is 2.86. The topological polar surface area (TPSA) is 82.8 Å². The van der Waals surface area contributed by atoms with Gasteiger partial charge in [0.2, 0.25) is 0 Å². The number of carbonyl (C=O) groups excluding carboxylic acids is 1. The highest BCUT2D eigenvalue weighted by Crippen LogP contribution is 2.33. The van der Waals surface area contributed by atoms with Gasteiger partial charge in [0.1, 0.15) is 23.7 Å². The van der Waals surface area contributed by atoms with E-state index in [1.807, 2.05) is 31.3 Å². The molecule has 0 spiro atoms. The van der Waals surface area contributed by atoms with E-state index in [0.717, 1.165) is 22.4 Å². The molecule has 0 saturated carbocycles. The number of fused-ring (bicyclic) bond motifs is 1. The maximum Gasteiger partial charge on any atom is 0.310 e. The summed E-state index contributed by atoms with van der Waals surface area (Å²) < 4.78 is 35.9. The SMILES string of the molecule is CCOC(=O)Cc1ccc(OC)cc1OCc1cc(-c2ccnc(CNC)c2)c2oc(F)cc2c1. The number of carbonyl (C=O) groups is 1. The Morgan fingerprint density at radius 1 is 1.14 bits per heavy atom. The Morgan fingerprint density at radius 2 is 2.00 bits per heavy atom. The summed E-state index contributed by atoms with van der Waals surface area (Å²) in [4.78, 5) is 16.4. The van der Waals surface area contributed by atoms with Gasteiger partial charge in [0.05, 0.1) is 25.8 Å². The van der Waals surface area contributed by atoms with Crippen LogP contribution in [-0.2, 0) is 29.1 Å². The standard InChI is InChI=1S/C27H27FN2O5/c1-4-33-26(31)13-19-5-6-22(32-3)14-24(19)34-16-17-9-20-12-25(28)35-27(20)23(10-17)18-7-8-30-21(11-18)15-29-2/h5-12,14,29H,4,13,15-16H2,1-3H3. The summed E-state index contributed by atoms with van der Waals surface area (Å²) >= 11 is 0. The van der Waals surface area contributed by atoms with Crippen LogP contribution in [0.4, 0.5) is 4.39 Å². The first-order chi connectivity index (χ1) is 17.0. The van der Waals surface area contributed by atoms with E-state index in [4.69, 9.17) is 18.6 Å². The maximum atomic E-state index is 14.0. The van der Waals surface area contributed by atoms with E-state index in [1.165, 1.54) is 6.07 Å². The zero-order valence-corrected chi connectivity index (χ0v) is 19.9. The summed E-state index contributed by atoms with van der Waals surface area (Å²) in [5.74, 6) is 0.780. The number of ether oxygens (including phenoxy) is 3. The molecule has 8 heteroatoms. The van der Waals surface area contributed by atoms with Crippen molar-refractivity contribution in [3.63, 3.8) is 0 Å². The summed E-state index contributed by atoms with van der Waals surface area (Å²) in [6.07, 6.45) is 1.80. The van der Waals surface area contributed by atoms with E-state index in [-0.39, 0.29) is 19.0 Å². The van der Waals surface area contributed by atoms with Crippen LogP contribution < -0.4 is 14.8 Å². The lowest BCUT2D eigenvalue weighted by Crippen LogP contribution is -2.09. The molecule has 0 atom stereocenters. The van der Waals surface area contributed by atoms with Gasteiger partial charge < -0.3 is 23.9 Å². The van der Waals surface area contributed by atoms with Gasteiger partial charge in [0, 0.05) is 41.4 Å². The average molecular weight is 479 g/mol. The first kappa shape index (κ1) is 24.2. The lowest BCUT2D eigenvalue weighted by atomic mass is 10.0. The predicted octanol–water partition coefficient (Wildman–Crippen LogP) is 5.05. The molecule has 0 fully saturated rings. The maximum absolute atomic E-state index is 14.0. The fourth-order valence-electron chi connectivity index (χ4n) is 3.88. The number of hydrogen-bond acceptors (Lipinski definition) is 7. The number of benzene rings is 2. The second-order valence-electron chi connectivity index (χ2n) is 7.92. The molecule has 0 aliphatic carbocycles. The Labute approximate surface area is 202 Å². The van der Waals surface area contributed by atoms with Gasteiger partial charge in [-0.1, -0.05) is 6.07 Å². The number of methoxy groups -OCH3 is 1. The summed E-state index contributed by atoms with van der Waals surface area (Å²) in [5, 5.41) is 3.71. The number of aromatic nitrogens is 1. The van der Waals surface area contributed by atoms with Crippen molar-refractivity contribution in [3.8, 4) is 22.6 Å². The van der Waals surface area contributed by atoms with Gasteiger partial charge in [-0.05, 0) is 55.4 Å². The van der Waals surface area contributed by atoms with E-state index in [2.05, 4.69) is 10.3 Å². The number of rotatable bonds is 10. The molecule has 0 radical (unpaired) electrons. The molecule has 4 aromatic rings. The number of hydrogen-bond donors (Lipinski definition) is 1. The molecule has 1 N–H and O–H groups in total. The van der Waals surface area contributed by atoms with Gasteiger partial charge in [-0.2, -0.15) is 4.39 Å². The van der Waals surface area contributed by atoms with Crippen molar-refractivity contribution in [1.29, 1.82) is 0 Å². The van der Waals surface area contributed by atoms with Crippen LogP contribution in [0.2, 0.25) is 0 Å².